The van der Waals surface area contributed by atoms with Crippen molar-refractivity contribution >= 4 is 0 Å². The van der Waals surface area contributed by atoms with E-state index in [9.17, 15) is 0 Å². The minimum absolute atomic E-state index is 0.588. The number of hydrogen-bond donors (Lipinski definition) is 0. The summed E-state index contributed by atoms with van der Waals surface area (Å²) in [7, 11) is 0. The molecule has 0 bridgehead atoms. The summed E-state index contributed by atoms with van der Waals surface area (Å²) in [5.41, 5.74) is 10.4. The highest BCUT2D eigenvalue weighted by molar-refractivity contribution is 5.77. The summed E-state index contributed by atoms with van der Waals surface area (Å²) in [6, 6.07) is 24.9. The lowest BCUT2D eigenvalue weighted by Crippen LogP contribution is -1.97. The molecule has 22 heavy (non-hydrogen) atoms. The third kappa shape index (κ3) is 1.70. The topological polar surface area (TPSA) is 0 Å². The molecule has 0 heterocycles. The van der Waals surface area contributed by atoms with Crippen molar-refractivity contribution in [2.75, 3.05) is 0 Å². The molecule has 0 aromatic heterocycles. The summed E-state index contributed by atoms with van der Waals surface area (Å²) in [5.74, 6) is 0.588. The highest BCUT2D eigenvalue weighted by atomic mass is 14.3. The zero-order chi connectivity index (χ0) is 14.5. The van der Waals surface area contributed by atoms with E-state index in [0.29, 0.717) is 5.92 Å². The molecule has 0 radical (unpaired) electrons. The van der Waals surface area contributed by atoms with E-state index in [-0.39, 0.29) is 0 Å². The summed E-state index contributed by atoms with van der Waals surface area (Å²) >= 11 is 0. The monoisotopic (exact) mass is 282 g/mol. The van der Waals surface area contributed by atoms with Crippen molar-refractivity contribution in [1.82, 2.24) is 0 Å². The SMILES string of the molecule is c1ccc2c(c1)Cc1cc(C3CCc4ccccc43)ccc1-2. The van der Waals surface area contributed by atoms with Crippen molar-refractivity contribution in [3.63, 3.8) is 0 Å². The molecule has 0 aliphatic heterocycles. The van der Waals surface area contributed by atoms with E-state index in [2.05, 4.69) is 66.7 Å². The molecule has 0 N–H and O–H groups in total. The van der Waals surface area contributed by atoms with Crippen LogP contribution in [0.15, 0.2) is 66.7 Å². The lowest BCUT2D eigenvalue weighted by Gasteiger charge is -2.14. The van der Waals surface area contributed by atoms with E-state index in [1.165, 1.54) is 51.8 Å². The Kier molecular flexibility index (Phi) is 2.54. The second-order valence-electron chi connectivity index (χ2n) is 6.54. The maximum Gasteiger partial charge on any atom is 0.00953 e. The lowest BCUT2D eigenvalue weighted by atomic mass is 9.90. The predicted molar refractivity (Wildman–Crippen MR) is 91.3 cm³/mol. The highest BCUT2D eigenvalue weighted by Gasteiger charge is 2.25. The van der Waals surface area contributed by atoms with Crippen LogP contribution in [0.25, 0.3) is 11.1 Å². The fourth-order valence-electron chi connectivity index (χ4n) is 4.29. The van der Waals surface area contributed by atoms with Crippen molar-refractivity contribution in [2.24, 2.45) is 0 Å². The maximum atomic E-state index is 2.46. The Labute approximate surface area is 131 Å². The summed E-state index contributed by atoms with van der Waals surface area (Å²) in [6.07, 6.45) is 3.57. The molecular formula is C22H18. The van der Waals surface area contributed by atoms with Crippen LogP contribution in [-0.4, -0.2) is 0 Å². The van der Waals surface area contributed by atoms with E-state index >= 15 is 0 Å². The van der Waals surface area contributed by atoms with Gasteiger partial charge in [-0.05, 0) is 58.2 Å². The van der Waals surface area contributed by atoms with Gasteiger partial charge in [-0.25, -0.2) is 0 Å². The molecule has 3 aromatic rings. The number of fused-ring (bicyclic) bond motifs is 4. The molecular weight excluding hydrogens is 264 g/mol. The van der Waals surface area contributed by atoms with Gasteiger partial charge in [-0.1, -0.05) is 66.7 Å². The predicted octanol–water partition coefficient (Wildman–Crippen LogP) is 5.34. The van der Waals surface area contributed by atoms with Crippen LogP contribution >= 0.6 is 0 Å². The first-order valence-corrected chi connectivity index (χ1v) is 8.19. The smallest absolute Gasteiger partial charge is 0.00953 e. The average molecular weight is 282 g/mol. The zero-order valence-electron chi connectivity index (χ0n) is 12.5. The molecule has 1 unspecified atom stereocenters. The van der Waals surface area contributed by atoms with Crippen LogP contribution in [0.5, 0.6) is 0 Å². The Morgan fingerprint density at radius 1 is 0.682 bits per heavy atom. The van der Waals surface area contributed by atoms with Crippen molar-refractivity contribution in [3.05, 3.63) is 94.5 Å². The minimum atomic E-state index is 0.588. The molecule has 106 valence electrons. The third-order valence-corrected chi connectivity index (χ3v) is 5.35. The molecule has 0 saturated heterocycles. The van der Waals surface area contributed by atoms with E-state index in [1.807, 2.05) is 0 Å². The third-order valence-electron chi connectivity index (χ3n) is 5.35. The Hall–Kier alpha value is -2.34. The molecule has 0 fully saturated rings. The Balaban J connectivity index is 1.59. The summed E-state index contributed by atoms with van der Waals surface area (Å²) in [5, 5.41) is 0. The quantitative estimate of drug-likeness (QED) is 0.442. The highest BCUT2D eigenvalue weighted by Crippen LogP contribution is 2.42. The molecule has 2 aliphatic rings. The van der Waals surface area contributed by atoms with Crippen LogP contribution in [0.3, 0.4) is 0 Å². The minimum Gasteiger partial charge on any atom is -0.0620 e. The average Bonchev–Trinajstić information content (AvgIpc) is 3.15. The fourth-order valence-corrected chi connectivity index (χ4v) is 4.29. The van der Waals surface area contributed by atoms with Crippen LogP contribution in [0.4, 0.5) is 0 Å². The van der Waals surface area contributed by atoms with Gasteiger partial charge in [0.25, 0.3) is 0 Å². The maximum absolute atomic E-state index is 2.46. The number of aryl methyl sites for hydroxylation is 1. The van der Waals surface area contributed by atoms with Gasteiger partial charge in [0, 0.05) is 5.92 Å². The van der Waals surface area contributed by atoms with Crippen LogP contribution in [0, 0.1) is 0 Å². The molecule has 2 aliphatic carbocycles. The Bertz CT molecular complexity index is 873. The van der Waals surface area contributed by atoms with Crippen LogP contribution in [0.1, 0.15) is 40.2 Å². The van der Waals surface area contributed by atoms with Crippen molar-refractivity contribution in [1.29, 1.82) is 0 Å². The van der Waals surface area contributed by atoms with E-state index in [4.69, 9.17) is 0 Å². The van der Waals surface area contributed by atoms with E-state index < -0.39 is 0 Å². The van der Waals surface area contributed by atoms with Crippen LogP contribution < -0.4 is 0 Å². The largest absolute Gasteiger partial charge is 0.0620 e. The van der Waals surface area contributed by atoms with Crippen molar-refractivity contribution < 1.29 is 0 Å². The van der Waals surface area contributed by atoms with Gasteiger partial charge in [0.05, 0.1) is 0 Å². The second kappa shape index (κ2) is 4.58. The van der Waals surface area contributed by atoms with Gasteiger partial charge >= 0.3 is 0 Å². The van der Waals surface area contributed by atoms with Crippen LogP contribution in [0.2, 0.25) is 0 Å². The fraction of sp³-hybridized carbons (Fsp3) is 0.182. The molecule has 0 spiro atoms. The Morgan fingerprint density at radius 3 is 2.41 bits per heavy atom. The second-order valence-corrected chi connectivity index (χ2v) is 6.54. The van der Waals surface area contributed by atoms with Gasteiger partial charge in [0.15, 0.2) is 0 Å². The zero-order valence-corrected chi connectivity index (χ0v) is 12.5. The molecule has 3 aromatic carbocycles. The molecule has 0 amide bonds. The van der Waals surface area contributed by atoms with Gasteiger partial charge in [-0.2, -0.15) is 0 Å². The molecule has 0 nitrogen and oxygen atoms in total. The van der Waals surface area contributed by atoms with Gasteiger partial charge in [0.1, 0.15) is 0 Å². The van der Waals surface area contributed by atoms with Crippen molar-refractivity contribution in [2.45, 2.75) is 25.2 Å². The summed E-state index contributed by atoms with van der Waals surface area (Å²) in [4.78, 5) is 0. The Morgan fingerprint density at radius 2 is 1.45 bits per heavy atom. The number of benzene rings is 3. The van der Waals surface area contributed by atoms with Gasteiger partial charge in [-0.3, -0.25) is 0 Å². The first-order chi connectivity index (χ1) is 10.9. The standard InChI is InChI=1S/C22H18/c1-3-7-19-15(5-1)9-11-21(19)17-10-12-22-18(14-17)13-16-6-2-4-8-20(16)22/h1-8,10,12,14,21H,9,11,13H2. The number of hydrogen-bond acceptors (Lipinski definition) is 0. The van der Waals surface area contributed by atoms with Gasteiger partial charge in [-0.15, -0.1) is 0 Å². The van der Waals surface area contributed by atoms with Crippen molar-refractivity contribution in [3.8, 4) is 11.1 Å². The normalized spacial score (nSPS) is 17.9. The first-order valence-electron chi connectivity index (χ1n) is 8.19. The van der Waals surface area contributed by atoms with Gasteiger partial charge < -0.3 is 0 Å². The molecule has 1 atom stereocenters. The summed E-state index contributed by atoms with van der Waals surface area (Å²) < 4.78 is 0. The molecule has 5 rings (SSSR count). The number of rotatable bonds is 1. The molecule has 0 saturated carbocycles. The molecule has 0 heteroatoms. The lowest BCUT2D eigenvalue weighted by molar-refractivity contribution is 0.787. The van der Waals surface area contributed by atoms with Crippen LogP contribution in [-0.2, 0) is 12.8 Å². The van der Waals surface area contributed by atoms with E-state index in [0.717, 1.165) is 6.42 Å². The first kappa shape index (κ1) is 12.2. The van der Waals surface area contributed by atoms with Gasteiger partial charge in [0.2, 0.25) is 0 Å². The summed E-state index contributed by atoms with van der Waals surface area (Å²) in [6.45, 7) is 0. The van der Waals surface area contributed by atoms with E-state index in [1.54, 1.807) is 0 Å².